The number of nitrogens with two attached hydrogens (primary N) is 1. The second-order valence-corrected chi connectivity index (χ2v) is 12.3. The van der Waals surface area contributed by atoms with Crippen LogP contribution in [-0.4, -0.2) is 43.5 Å². The van der Waals surface area contributed by atoms with Gasteiger partial charge in [0.05, 0.1) is 25.6 Å². The molecular formula is C29H53N6O4P. The molecule has 228 valence electrons. The maximum absolute atomic E-state index is 12.3. The van der Waals surface area contributed by atoms with E-state index < -0.39 is 7.60 Å². The number of terminal acetylenes is 1. The molecule has 0 aliphatic rings. The van der Waals surface area contributed by atoms with Gasteiger partial charge in [0.1, 0.15) is 18.2 Å². The summed E-state index contributed by atoms with van der Waals surface area (Å²) in [6.45, 7) is 2.52. The fourth-order valence-electron chi connectivity index (χ4n) is 4.63. The van der Waals surface area contributed by atoms with Gasteiger partial charge in [-0.3, -0.25) is 4.57 Å². The lowest BCUT2D eigenvalue weighted by molar-refractivity contribution is 0.0715. The summed E-state index contributed by atoms with van der Waals surface area (Å²) in [7, 11) is -3.78. The SMILES string of the molecule is C#CCCCCCCCCCCCCCCCCCCOP(=O)(O)CO[C@H](C)Cn1cnc2c(N)ncnc21.N. The normalized spacial score (nSPS) is 13.5. The van der Waals surface area contributed by atoms with Crippen LogP contribution in [-0.2, 0) is 20.4 Å². The van der Waals surface area contributed by atoms with Gasteiger partial charge in [0.25, 0.3) is 0 Å². The smallest absolute Gasteiger partial charge is 0.353 e. The van der Waals surface area contributed by atoms with Crippen LogP contribution in [0.15, 0.2) is 12.7 Å². The first-order valence-corrected chi connectivity index (χ1v) is 16.6. The molecule has 40 heavy (non-hydrogen) atoms. The molecule has 0 fully saturated rings. The lowest BCUT2D eigenvalue weighted by Gasteiger charge is -2.17. The van der Waals surface area contributed by atoms with Crippen LogP contribution in [0.5, 0.6) is 0 Å². The molecule has 2 heterocycles. The number of rotatable bonds is 24. The molecule has 0 bridgehead atoms. The molecule has 11 heteroatoms. The summed E-state index contributed by atoms with van der Waals surface area (Å²) >= 11 is 0. The van der Waals surface area contributed by atoms with Crippen LogP contribution >= 0.6 is 7.60 Å². The van der Waals surface area contributed by atoms with E-state index in [2.05, 4.69) is 20.9 Å². The molecule has 2 rings (SSSR count). The predicted molar refractivity (Wildman–Crippen MR) is 163 cm³/mol. The van der Waals surface area contributed by atoms with E-state index in [9.17, 15) is 9.46 Å². The second kappa shape index (κ2) is 21.7. The van der Waals surface area contributed by atoms with Crippen LogP contribution in [0.4, 0.5) is 5.82 Å². The molecule has 2 aromatic heterocycles. The molecule has 0 aromatic carbocycles. The summed E-state index contributed by atoms with van der Waals surface area (Å²) in [6.07, 6.45) is 28.6. The Hall–Kier alpha value is -2.02. The quantitative estimate of drug-likeness (QED) is 0.0652. The fourth-order valence-corrected chi connectivity index (χ4v) is 5.56. The summed E-state index contributed by atoms with van der Waals surface area (Å²) < 4.78 is 24.9. The van der Waals surface area contributed by atoms with Gasteiger partial charge in [0.15, 0.2) is 11.5 Å². The van der Waals surface area contributed by atoms with E-state index in [0.717, 1.165) is 25.7 Å². The Morgan fingerprint density at radius 1 is 0.925 bits per heavy atom. The maximum atomic E-state index is 12.3. The van der Waals surface area contributed by atoms with Crippen molar-refractivity contribution < 1.29 is 18.7 Å². The summed E-state index contributed by atoms with van der Waals surface area (Å²) in [6, 6.07) is 0. The number of unbranched alkanes of at least 4 members (excludes halogenated alkanes) is 16. The summed E-state index contributed by atoms with van der Waals surface area (Å²) in [5.74, 6) is 3.03. The Morgan fingerprint density at radius 3 is 2.00 bits per heavy atom. The van der Waals surface area contributed by atoms with Crippen LogP contribution in [0.25, 0.3) is 11.2 Å². The Bertz CT molecular complexity index is 1010. The highest BCUT2D eigenvalue weighted by molar-refractivity contribution is 7.52. The average molecular weight is 581 g/mol. The van der Waals surface area contributed by atoms with Crippen LogP contribution < -0.4 is 11.9 Å². The van der Waals surface area contributed by atoms with Gasteiger partial charge in [-0.15, -0.1) is 12.3 Å². The third-order valence-corrected chi connectivity index (χ3v) is 7.98. The highest BCUT2D eigenvalue weighted by atomic mass is 31.2. The van der Waals surface area contributed by atoms with Gasteiger partial charge < -0.3 is 30.6 Å². The average Bonchev–Trinajstić information content (AvgIpc) is 3.32. The Kier molecular flexibility index (Phi) is 19.5. The van der Waals surface area contributed by atoms with Crippen molar-refractivity contribution in [1.29, 1.82) is 0 Å². The molecule has 0 amide bonds. The number of fused-ring (bicyclic) bond motifs is 1. The van der Waals surface area contributed by atoms with E-state index >= 15 is 0 Å². The van der Waals surface area contributed by atoms with Crippen LogP contribution in [0, 0.1) is 12.3 Å². The van der Waals surface area contributed by atoms with Crippen molar-refractivity contribution in [2.24, 2.45) is 0 Å². The monoisotopic (exact) mass is 580 g/mol. The van der Waals surface area contributed by atoms with Gasteiger partial charge in [0.2, 0.25) is 0 Å². The van der Waals surface area contributed by atoms with E-state index in [1.165, 1.54) is 89.8 Å². The van der Waals surface area contributed by atoms with Crippen molar-refractivity contribution in [3.8, 4) is 12.3 Å². The zero-order chi connectivity index (χ0) is 28.2. The minimum Gasteiger partial charge on any atom is -0.382 e. The summed E-state index contributed by atoms with van der Waals surface area (Å²) in [5, 5.41) is 0. The lowest BCUT2D eigenvalue weighted by atomic mass is 10.0. The number of hydrogen-bond donors (Lipinski definition) is 3. The third kappa shape index (κ3) is 15.7. The van der Waals surface area contributed by atoms with Crippen molar-refractivity contribution in [2.45, 2.75) is 129 Å². The maximum Gasteiger partial charge on any atom is 0.353 e. The first-order valence-electron chi connectivity index (χ1n) is 14.9. The zero-order valence-electron chi connectivity index (χ0n) is 24.6. The Morgan fingerprint density at radius 2 is 1.45 bits per heavy atom. The highest BCUT2D eigenvalue weighted by Gasteiger charge is 2.21. The first-order chi connectivity index (χ1) is 18.9. The van der Waals surface area contributed by atoms with Gasteiger partial charge in [-0.05, 0) is 19.8 Å². The number of nitrogens with zero attached hydrogens (tertiary/aromatic N) is 4. The van der Waals surface area contributed by atoms with Crippen molar-refractivity contribution in [3.05, 3.63) is 12.7 Å². The zero-order valence-corrected chi connectivity index (χ0v) is 25.5. The number of anilines is 1. The molecule has 0 radical (unpaired) electrons. The van der Waals surface area contributed by atoms with Gasteiger partial charge >= 0.3 is 7.60 Å². The Balaban J connectivity index is 0.00000800. The molecule has 1 unspecified atom stereocenters. The van der Waals surface area contributed by atoms with Gasteiger partial charge in [0, 0.05) is 6.42 Å². The molecule has 0 saturated carbocycles. The van der Waals surface area contributed by atoms with E-state index in [1.807, 2.05) is 6.92 Å². The van der Waals surface area contributed by atoms with E-state index in [1.54, 1.807) is 10.9 Å². The van der Waals surface area contributed by atoms with Gasteiger partial charge in [-0.25, -0.2) is 15.0 Å². The number of nitrogen functional groups attached to an aromatic ring is 1. The van der Waals surface area contributed by atoms with Gasteiger partial charge in [-0.2, -0.15) is 0 Å². The number of imidazole rings is 1. The van der Waals surface area contributed by atoms with E-state index in [4.69, 9.17) is 21.4 Å². The lowest BCUT2D eigenvalue weighted by Crippen LogP contribution is -2.17. The molecule has 10 nitrogen and oxygen atoms in total. The largest absolute Gasteiger partial charge is 0.382 e. The number of ether oxygens (including phenoxy) is 1. The van der Waals surface area contributed by atoms with Gasteiger partial charge in [-0.1, -0.05) is 89.9 Å². The summed E-state index contributed by atoms with van der Waals surface area (Å²) in [4.78, 5) is 22.4. The number of aromatic nitrogens is 4. The van der Waals surface area contributed by atoms with E-state index in [0.29, 0.717) is 23.5 Å². The molecule has 0 aliphatic carbocycles. The van der Waals surface area contributed by atoms with Crippen molar-refractivity contribution in [3.63, 3.8) is 0 Å². The molecule has 2 aromatic rings. The Labute approximate surface area is 241 Å². The van der Waals surface area contributed by atoms with E-state index in [-0.39, 0.29) is 25.2 Å². The topological polar surface area (TPSA) is 160 Å². The summed E-state index contributed by atoms with van der Waals surface area (Å²) in [5.41, 5.74) is 6.94. The molecule has 0 saturated heterocycles. The first kappa shape index (κ1) is 36.0. The minimum absolute atomic E-state index is 0. The number of hydrogen-bond acceptors (Lipinski definition) is 8. The molecule has 2 atom stereocenters. The second-order valence-electron chi connectivity index (χ2n) is 10.5. The molecular weight excluding hydrogens is 527 g/mol. The fraction of sp³-hybridized carbons (Fsp3) is 0.759. The predicted octanol–water partition coefficient (Wildman–Crippen LogP) is 7.40. The highest BCUT2D eigenvalue weighted by Crippen LogP contribution is 2.42. The van der Waals surface area contributed by atoms with Crippen LogP contribution in [0.2, 0.25) is 0 Å². The van der Waals surface area contributed by atoms with Crippen LogP contribution in [0.1, 0.15) is 116 Å². The van der Waals surface area contributed by atoms with Crippen molar-refractivity contribution in [2.75, 3.05) is 18.7 Å². The van der Waals surface area contributed by atoms with Crippen LogP contribution in [0.3, 0.4) is 0 Å². The molecule has 0 aliphatic heterocycles. The molecule has 0 spiro atoms. The minimum atomic E-state index is -3.78. The standard InChI is InChI=1S/C29H50N5O4P.H3N/c1-3-4-5-6-7-8-9-10-11-12-13-14-15-16-17-18-19-20-21-38-39(35,36)25-37-26(2)22-34-24-33-27-28(30)31-23-32-29(27)34;/h1,23-24,26H,4-22,25H2,2H3,(H,35,36)(H2,30,31,32);1H3/t26-;/m1./s1. The molecule has 6 N–H and O–H groups in total. The third-order valence-electron chi connectivity index (χ3n) is 6.91. The van der Waals surface area contributed by atoms with Crippen molar-refractivity contribution >= 4 is 24.6 Å². The van der Waals surface area contributed by atoms with Crippen molar-refractivity contribution in [1.82, 2.24) is 25.7 Å².